The molecule has 2 heteroatoms. The highest BCUT2D eigenvalue weighted by Crippen LogP contribution is 2.47. The molecule has 0 N–H and O–H groups in total. The zero-order chi connectivity index (χ0) is 17.9. The SMILES string of the molecule is CCC1=C(c2ccco2)[C@H]2CCCC[C@H]2N(Cc2ccccc2)[C@H]1CC. The summed E-state index contributed by atoms with van der Waals surface area (Å²) < 4.78 is 5.92. The van der Waals surface area contributed by atoms with Crippen molar-refractivity contribution in [1.29, 1.82) is 0 Å². The Labute approximate surface area is 157 Å². The fourth-order valence-electron chi connectivity index (χ4n) is 5.40. The predicted molar refractivity (Wildman–Crippen MR) is 108 cm³/mol. The number of hydrogen-bond acceptors (Lipinski definition) is 2. The minimum absolute atomic E-state index is 0.527. The summed E-state index contributed by atoms with van der Waals surface area (Å²) in [5.41, 5.74) is 4.59. The highest BCUT2D eigenvalue weighted by atomic mass is 16.3. The van der Waals surface area contributed by atoms with Crippen molar-refractivity contribution in [1.82, 2.24) is 4.90 Å². The van der Waals surface area contributed by atoms with Crippen molar-refractivity contribution in [2.45, 2.75) is 71.0 Å². The van der Waals surface area contributed by atoms with E-state index in [-0.39, 0.29) is 0 Å². The maximum absolute atomic E-state index is 5.92. The van der Waals surface area contributed by atoms with Crippen LogP contribution in [0.25, 0.3) is 5.57 Å². The quantitative estimate of drug-likeness (QED) is 0.630. The van der Waals surface area contributed by atoms with Gasteiger partial charge >= 0.3 is 0 Å². The summed E-state index contributed by atoms with van der Waals surface area (Å²) in [6, 6.07) is 16.4. The molecule has 0 saturated heterocycles. The fourth-order valence-corrected chi connectivity index (χ4v) is 5.40. The predicted octanol–water partition coefficient (Wildman–Crippen LogP) is 6.30. The summed E-state index contributed by atoms with van der Waals surface area (Å²) >= 11 is 0. The molecule has 1 fully saturated rings. The van der Waals surface area contributed by atoms with Crippen LogP contribution in [0.5, 0.6) is 0 Å². The lowest BCUT2D eigenvalue weighted by Crippen LogP contribution is -2.52. The van der Waals surface area contributed by atoms with Crippen LogP contribution in [0.15, 0.2) is 58.7 Å². The minimum atomic E-state index is 0.527. The Kier molecular flexibility index (Phi) is 5.31. The first-order valence-electron chi connectivity index (χ1n) is 10.4. The largest absolute Gasteiger partial charge is 0.465 e. The van der Waals surface area contributed by atoms with Gasteiger partial charge in [0.25, 0.3) is 0 Å². The lowest BCUT2D eigenvalue weighted by molar-refractivity contribution is 0.0720. The van der Waals surface area contributed by atoms with E-state index in [2.05, 4.69) is 55.1 Å². The molecule has 0 amide bonds. The molecular formula is C24H31NO. The zero-order valence-corrected chi connectivity index (χ0v) is 16.2. The molecule has 0 unspecified atom stereocenters. The maximum Gasteiger partial charge on any atom is 0.130 e. The van der Waals surface area contributed by atoms with E-state index in [1.807, 2.05) is 12.3 Å². The molecule has 138 valence electrons. The lowest BCUT2D eigenvalue weighted by atomic mass is 9.70. The first kappa shape index (κ1) is 17.6. The molecule has 0 radical (unpaired) electrons. The minimum Gasteiger partial charge on any atom is -0.465 e. The Balaban J connectivity index is 1.78. The molecule has 0 bridgehead atoms. The van der Waals surface area contributed by atoms with Gasteiger partial charge in [-0.05, 0) is 49.0 Å². The smallest absolute Gasteiger partial charge is 0.130 e. The molecule has 26 heavy (non-hydrogen) atoms. The van der Waals surface area contributed by atoms with E-state index in [1.165, 1.54) is 37.7 Å². The van der Waals surface area contributed by atoms with Gasteiger partial charge in [-0.15, -0.1) is 0 Å². The van der Waals surface area contributed by atoms with Gasteiger partial charge in [-0.3, -0.25) is 4.90 Å². The van der Waals surface area contributed by atoms with Gasteiger partial charge in [-0.25, -0.2) is 0 Å². The lowest BCUT2D eigenvalue weighted by Gasteiger charge is -2.50. The maximum atomic E-state index is 5.92. The highest BCUT2D eigenvalue weighted by molar-refractivity contribution is 5.70. The molecular weight excluding hydrogens is 318 g/mol. The second-order valence-corrected chi connectivity index (χ2v) is 7.81. The Bertz CT molecular complexity index is 731. The number of furan rings is 1. The standard InChI is InChI=1S/C24H31NO/c1-3-19-21(4-2)25(17-18-11-6-5-7-12-18)22-14-9-8-13-20(22)24(19)23-15-10-16-26-23/h5-7,10-12,15-16,20-22H,3-4,8-9,13-14,17H2,1-2H3/t20-,21-,22+/m0/s1. The molecule has 2 heterocycles. The van der Waals surface area contributed by atoms with Crippen LogP contribution in [0.1, 0.15) is 63.7 Å². The average molecular weight is 350 g/mol. The zero-order valence-electron chi connectivity index (χ0n) is 16.2. The van der Waals surface area contributed by atoms with E-state index in [9.17, 15) is 0 Å². The normalized spacial score (nSPS) is 26.8. The van der Waals surface area contributed by atoms with Crippen LogP contribution < -0.4 is 0 Å². The van der Waals surface area contributed by atoms with Crippen LogP contribution in [-0.4, -0.2) is 17.0 Å². The second-order valence-electron chi connectivity index (χ2n) is 7.81. The number of hydrogen-bond donors (Lipinski definition) is 0. The Morgan fingerprint density at radius 1 is 1.00 bits per heavy atom. The van der Waals surface area contributed by atoms with E-state index in [4.69, 9.17) is 4.42 Å². The summed E-state index contributed by atoms with van der Waals surface area (Å²) in [4.78, 5) is 2.82. The summed E-state index contributed by atoms with van der Waals surface area (Å²) in [5.74, 6) is 1.74. The first-order chi connectivity index (χ1) is 12.8. The van der Waals surface area contributed by atoms with Gasteiger partial charge in [-0.1, -0.05) is 57.0 Å². The van der Waals surface area contributed by atoms with Crippen LogP contribution in [0.2, 0.25) is 0 Å². The van der Waals surface area contributed by atoms with E-state index >= 15 is 0 Å². The second kappa shape index (κ2) is 7.84. The molecule has 4 rings (SSSR count). The molecule has 2 aliphatic rings. The van der Waals surface area contributed by atoms with Crippen LogP contribution in [0, 0.1) is 5.92 Å². The molecule has 1 aromatic carbocycles. The molecule has 3 atom stereocenters. The van der Waals surface area contributed by atoms with Gasteiger partial charge < -0.3 is 4.42 Å². The van der Waals surface area contributed by atoms with Crippen molar-refractivity contribution >= 4 is 5.57 Å². The molecule has 1 aliphatic carbocycles. The molecule has 2 nitrogen and oxygen atoms in total. The number of rotatable bonds is 5. The molecule has 0 spiro atoms. The first-order valence-corrected chi connectivity index (χ1v) is 10.4. The van der Waals surface area contributed by atoms with Crippen LogP contribution in [0.3, 0.4) is 0 Å². The van der Waals surface area contributed by atoms with Gasteiger partial charge in [0.15, 0.2) is 0 Å². The van der Waals surface area contributed by atoms with Crippen molar-refractivity contribution in [2.75, 3.05) is 0 Å². The van der Waals surface area contributed by atoms with Crippen molar-refractivity contribution in [3.05, 3.63) is 65.6 Å². The Morgan fingerprint density at radius 3 is 2.50 bits per heavy atom. The van der Waals surface area contributed by atoms with E-state index in [0.717, 1.165) is 18.7 Å². The van der Waals surface area contributed by atoms with E-state index in [0.29, 0.717) is 18.0 Å². The third kappa shape index (κ3) is 3.16. The highest BCUT2D eigenvalue weighted by Gasteiger charge is 2.43. The topological polar surface area (TPSA) is 16.4 Å². The van der Waals surface area contributed by atoms with E-state index < -0.39 is 0 Å². The van der Waals surface area contributed by atoms with Crippen molar-refractivity contribution in [3.63, 3.8) is 0 Å². The fraction of sp³-hybridized carbons (Fsp3) is 0.500. The number of fused-ring (bicyclic) bond motifs is 1. The Morgan fingerprint density at radius 2 is 1.81 bits per heavy atom. The molecule has 1 aromatic heterocycles. The third-order valence-electron chi connectivity index (χ3n) is 6.44. The van der Waals surface area contributed by atoms with Crippen LogP contribution in [-0.2, 0) is 6.54 Å². The number of nitrogens with zero attached hydrogens (tertiary/aromatic N) is 1. The average Bonchev–Trinajstić information content (AvgIpc) is 3.22. The summed E-state index contributed by atoms with van der Waals surface area (Å²) in [7, 11) is 0. The van der Waals surface area contributed by atoms with Crippen molar-refractivity contribution < 1.29 is 4.42 Å². The van der Waals surface area contributed by atoms with Crippen LogP contribution in [0.4, 0.5) is 0 Å². The van der Waals surface area contributed by atoms with E-state index in [1.54, 1.807) is 11.1 Å². The Hall–Kier alpha value is -1.80. The molecule has 1 aliphatic heterocycles. The van der Waals surface area contributed by atoms with Gasteiger partial charge in [0.05, 0.1) is 6.26 Å². The monoisotopic (exact) mass is 349 g/mol. The van der Waals surface area contributed by atoms with Gasteiger partial charge in [0.2, 0.25) is 0 Å². The summed E-state index contributed by atoms with van der Waals surface area (Å²) in [6.45, 7) is 5.74. The van der Waals surface area contributed by atoms with Crippen molar-refractivity contribution in [2.24, 2.45) is 5.92 Å². The summed E-state index contributed by atoms with van der Waals surface area (Å²) in [6.07, 6.45) is 9.44. The third-order valence-corrected chi connectivity index (χ3v) is 6.44. The number of benzene rings is 1. The van der Waals surface area contributed by atoms with Crippen molar-refractivity contribution in [3.8, 4) is 0 Å². The van der Waals surface area contributed by atoms with Gasteiger partial charge in [0.1, 0.15) is 5.76 Å². The van der Waals surface area contributed by atoms with Gasteiger partial charge in [-0.2, -0.15) is 0 Å². The summed E-state index contributed by atoms with van der Waals surface area (Å²) in [5, 5.41) is 0. The van der Waals surface area contributed by atoms with Crippen LogP contribution >= 0.6 is 0 Å². The van der Waals surface area contributed by atoms with Gasteiger partial charge in [0, 0.05) is 30.1 Å². The molecule has 2 aromatic rings. The molecule has 1 saturated carbocycles.